The molecule has 0 bridgehead atoms. The van der Waals surface area contributed by atoms with Gasteiger partial charge in [0, 0.05) is 20.0 Å². The maximum absolute atomic E-state index is 11.7. The number of nitrogens with one attached hydrogen (secondary N) is 1. The minimum absolute atomic E-state index is 0.00541. The Morgan fingerprint density at radius 1 is 1.32 bits per heavy atom. The van der Waals surface area contributed by atoms with Gasteiger partial charge >= 0.3 is 0 Å². The molecule has 1 N–H and O–H groups in total. The molecule has 0 unspecified atom stereocenters. The molecular weight excluding hydrogens is 244 g/mol. The summed E-state index contributed by atoms with van der Waals surface area (Å²) in [6, 6.07) is 9.47. The Morgan fingerprint density at radius 2 is 2.00 bits per heavy atom. The number of rotatable bonds is 5. The van der Waals surface area contributed by atoms with Gasteiger partial charge in [0.1, 0.15) is 12.4 Å². The van der Waals surface area contributed by atoms with Crippen LogP contribution in [0.1, 0.15) is 6.92 Å². The molecule has 1 aliphatic heterocycles. The Kier molecular flexibility index (Phi) is 4.39. The topological polar surface area (TPSA) is 58.6 Å². The summed E-state index contributed by atoms with van der Waals surface area (Å²) in [7, 11) is 0. The summed E-state index contributed by atoms with van der Waals surface area (Å²) >= 11 is 0. The first-order valence-corrected chi connectivity index (χ1v) is 6.38. The van der Waals surface area contributed by atoms with Crippen molar-refractivity contribution in [2.45, 2.75) is 6.92 Å². The maximum atomic E-state index is 11.7. The Labute approximate surface area is 112 Å². The average molecular weight is 262 g/mol. The lowest BCUT2D eigenvalue weighted by Crippen LogP contribution is -2.55. The minimum Gasteiger partial charge on any atom is -0.492 e. The van der Waals surface area contributed by atoms with Crippen LogP contribution in [0.3, 0.4) is 0 Å². The quantitative estimate of drug-likeness (QED) is 0.793. The molecule has 1 aromatic carbocycles. The Hall–Kier alpha value is -2.04. The molecule has 1 saturated heterocycles. The normalized spacial score (nSPS) is 14.7. The molecule has 0 radical (unpaired) electrons. The van der Waals surface area contributed by atoms with E-state index in [1.807, 2.05) is 30.3 Å². The van der Waals surface area contributed by atoms with Gasteiger partial charge in [-0.25, -0.2) is 0 Å². The molecule has 0 spiro atoms. The fraction of sp³-hybridized carbons (Fsp3) is 0.429. The van der Waals surface area contributed by atoms with Crippen molar-refractivity contribution in [3.63, 3.8) is 0 Å². The maximum Gasteiger partial charge on any atom is 0.226 e. The van der Waals surface area contributed by atoms with E-state index in [0.29, 0.717) is 26.2 Å². The van der Waals surface area contributed by atoms with E-state index >= 15 is 0 Å². The van der Waals surface area contributed by atoms with Gasteiger partial charge < -0.3 is 15.0 Å². The molecule has 1 aliphatic rings. The molecule has 1 aromatic rings. The molecule has 0 atom stereocenters. The summed E-state index contributed by atoms with van der Waals surface area (Å²) in [5, 5.41) is 2.81. The van der Waals surface area contributed by atoms with Crippen LogP contribution in [-0.2, 0) is 9.59 Å². The molecule has 1 heterocycles. The van der Waals surface area contributed by atoms with Crippen LogP contribution in [-0.4, -0.2) is 43.0 Å². The van der Waals surface area contributed by atoms with Crippen LogP contribution >= 0.6 is 0 Å². The SMILES string of the molecule is CC(=O)N1CC(C(=O)NCCOc2ccccc2)C1. The van der Waals surface area contributed by atoms with Crippen molar-refractivity contribution in [3.05, 3.63) is 30.3 Å². The lowest BCUT2D eigenvalue weighted by molar-refractivity contribution is -0.141. The smallest absolute Gasteiger partial charge is 0.226 e. The van der Waals surface area contributed by atoms with Crippen LogP contribution in [0.5, 0.6) is 5.75 Å². The van der Waals surface area contributed by atoms with Gasteiger partial charge in [0.2, 0.25) is 11.8 Å². The monoisotopic (exact) mass is 262 g/mol. The van der Waals surface area contributed by atoms with E-state index in [-0.39, 0.29) is 17.7 Å². The fourth-order valence-electron chi connectivity index (χ4n) is 1.91. The van der Waals surface area contributed by atoms with E-state index in [1.165, 1.54) is 6.92 Å². The predicted molar refractivity (Wildman–Crippen MR) is 70.7 cm³/mol. The molecule has 19 heavy (non-hydrogen) atoms. The number of benzene rings is 1. The zero-order valence-electron chi connectivity index (χ0n) is 11.0. The van der Waals surface area contributed by atoms with Gasteiger partial charge in [-0.2, -0.15) is 0 Å². The molecule has 102 valence electrons. The fourth-order valence-corrected chi connectivity index (χ4v) is 1.91. The van der Waals surface area contributed by atoms with Gasteiger partial charge in [-0.05, 0) is 12.1 Å². The Morgan fingerprint density at radius 3 is 2.63 bits per heavy atom. The van der Waals surface area contributed by atoms with E-state index in [9.17, 15) is 9.59 Å². The van der Waals surface area contributed by atoms with Crippen LogP contribution < -0.4 is 10.1 Å². The van der Waals surface area contributed by atoms with Crippen molar-refractivity contribution in [1.29, 1.82) is 0 Å². The standard InChI is InChI=1S/C14H18N2O3/c1-11(17)16-9-12(10-16)14(18)15-7-8-19-13-5-3-2-4-6-13/h2-6,12H,7-10H2,1H3,(H,15,18). The molecule has 0 aliphatic carbocycles. The number of hydrogen-bond acceptors (Lipinski definition) is 3. The molecule has 5 heteroatoms. The van der Waals surface area contributed by atoms with Gasteiger partial charge in [0.15, 0.2) is 0 Å². The molecule has 1 fully saturated rings. The highest BCUT2D eigenvalue weighted by molar-refractivity contribution is 5.83. The van der Waals surface area contributed by atoms with E-state index in [0.717, 1.165) is 5.75 Å². The first-order chi connectivity index (χ1) is 9.16. The van der Waals surface area contributed by atoms with Crippen LogP contribution in [0.2, 0.25) is 0 Å². The van der Waals surface area contributed by atoms with Gasteiger partial charge in [-0.1, -0.05) is 18.2 Å². The van der Waals surface area contributed by atoms with Crippen molar-refractivity contribution in [2.75, 3.05) is 26.2 Å². The second kappa shape index (κ2) is 6.22. The van der Waals surface area contributed by atoms with Crippen molar-refractivity contribution < 1.29 is 14.3 Å². The number of likely N-dealkylation sites (tertiary alicyclic amines) is 1. The van der Waals surface area contributed by atoms with Crippen LogP contribution in [0.4, 0.5) is 0 Å². The van der Waals surface area contributed by atoms with Gasteiger partial charge in [-0.3, -0.25) is 9.59 Å². The summed E-state index contributed by atoms with van der Waals surface area (Å²) in [4.78, 5) is 24.3. The molecule has 2 rings (SSSR count). The number of amides is 2. The second-order valence-electron chi connectivity index (χ2n) is 4.57. The van der Waals surface area contributed by atoms with Crippen LogP contribution in [0, 0.1) is 5.92 Å². The van der Waals surface area contributed by atoms with E-state index in [2.05, 4.69) is 5.32 Å². The predicted octanol–water partition coefficient (Wildman–Crippen LogP) is 0.660. The first-order valence-electron chi connectivity index (χ1n) is 6.38. The van der Waals surface area contributed by atoms with Crippen molar-refractivity contribution in [1.82, 2.24) is 10.2 Å². The molecule has 0 saturated carbocycles. The summed E-state index contributed by atoms with van der Waals surface area (Å²) in [5.41, 5.74) is 0. The third kappa shape index (κ3) is 3.71. The van der Waals surface area contributed by atoms with Crippen molar-refractivity contribution in [2.24, 2.45) is 5.92 Å². The summed E-state index contributed by atoms with van der Waals surface area (Å²) in [5.74, 6) is 0.745. The van der Waals surface area contributed by atoms with Gasteiger partial charge in [-0.15, -0.1) is 0 Å². The van der Waals surface area contributed by atoms with Gasteiger partial charge in [0.25, 0.3) is 0 Å². The average Bonchev–Trinajstić information content (AvgIpc) is 2.33. The third-order valence-corrected chi connectivity index (χ3v) is 3.11. The number of carbonyl (C=O) groups excluding carboxylic acids is 2. The lowest BCUT2D eigenvalue weighted by Gasteiger charge is -2.37. The Bertz CT molecular complexity index is 441. The molecule has 0 aromatic heterocycles. The zero-order chi connectivity index (χ0) is 13.7. The largest absolute Gasteiger partial charge is 0.492 e. The number of nitrogens with zero attached hydrogens (tertiary/aromatic N) is 1. The number of para-hydroxylation sites is 1. The van der Waals surface area contributed by atoms with Crippen LogP contribution in [0.25, 0.3) is 0 Å². The highest BCUT2D eigenvalue weighted by Gasteiger charge is 2.33. The van der Waals surface area contributed by atoms with E-state index < -0.39 is 0 Å². The van der Waals surface area contributed by atoms with Crippen molar-refractivity contribution >= 4 is 11.8 Å². The van der Waals surface area contributed by atoms with E-state index in [1.54, 1.807) is 4.90 Å². The summed E-state index contributed by atoms with van der Waals surface area (Å²) in [6.45, 7) is 3.49. The zero-order valence-corrected chi connectivity index (χ0v) is 11.0. The second-order valence-corrected chi connectivity index (χ2v) is 4.57. The number of carbonyl (C=O) groups is 2. The lowest BCUT2D eigenvalue weighted by atomic mass is 9.99. The number of hydrogen-bond donors (Lipinski definition) is 1. The highest BCUT2D eigenvalue weighted by atomic mass is 16.5. The van der Waals surface area contributed by atoms with Crippen molar-refractivity contribution in [3.8, 4) is 5.75 Å². The first kappa shape index (κ1) is 13.4. The summed E-state index contributed by atoms with van der Waals surface area (Å²) < 4.78 is 5.47. The molecular formula is C14H18N2O3. The third-order valence-electron chi connectivity index (χ3n) is 3.11. The summed E-state index contributed by atoms with van der Waals surface area (Å²) in [6.07, 6.45) is 0. The molecule has 5 nitrogen and oxygen atoms in total. The van der Waals surface area contributed by atoms with E-state index in [4.69, 9.17) is 4.74 Å². The number of ether oxygens (including phenoxy) is 1. The highest BCUT2D eigenvalue weighted by Crippen LogP contribution is 2.15. The Balaban J connectivity index is 1.59. The molecule has 2 amide bonds. The minimum atomic E-state index is -0.0689. The van der Waals surface area contributed by atoms with Crippen LogP contribution in [0.15, 0.2) is 30.3 Å². The van der Waals surface area contributed by atoms with Gasteiger partial charge in [0.05, 0.1) is 12.5 Å².